The van der Waals surface area contributed by atoms with Gasteiger partial charge in [0.2, 0.25) is 0 Å². The van der Waals surface area contributed by atoms with E-state index in [4.69, 9.17) is 0 Å². The first-order valence-corrected chi connectivity index (χ1v) is 8.71. The minimum absolute atomic E-state index is 0.475. The quantitative estimate of drug-likeness (QED) is 0.900. The summed E-state index contributed by atoms with van der Waals surface area (Å²) in [6, 6.07) is 1.05. The van der Waals surface area contributed by atoms with E-state index in [1.54, 1.807) is 0 Å². The third kappa shape index (κ3) is 3.80. The van der Waals surface area contributed by atoms with E-state index in [0.717, 1.165) is 5.92 Å². The maximum absolute atomic E-state index is 4.60. The maximum atomic E-state index is 4.60. The van der Waals surface area contributed by atoms with Gasteiger partial charge in [-0.2, -0.15) is 0 Å². The van der Waals surface area contributed by atoms with Gasteiger partial charge in [-0.15, -0.1) is 11.3 Å². The van der Waals surface area contributed by atoms with Crippen LogP contribution in [0, 0.1) is 19.8 Å². The summed E-state index contributed by atoms with van der Waals surface area (Å²) >= 11 is 1.86. The second kappa shape index (κ2) is 7.01. The summed E-state index contributed by atoms with van der Waals surface area (Å²) in [6.07, 6.45) is 2.69. The molecule has 0 saturated carbocycles. The molecular formula is C16H29N3S. The van der Waals surface area contributed by atoms with E-state index in [9.17, 15) is 0 Å². The van der Waals surface area contributed by atoms with Crippen LogP contribution in [0.2, 0.25) is 0 Å². The lowest BCUT2D eigenvalue weighted by Gasteiger charge is -2.36. The second-order valence-corrected chi connectivity index (χ2v) is 7.60. The third-order valence-corrected chi connectivity index (χ3v) is 5.59. The highest BCUT2D eigenvalue weighted by Crippen LogP contribution is 2.31. The molecule has 1 aromatic heterocycles. The number of thiazole rings is 1. The van der Waals surface area contributed by atoms with Crippen molar-refractivity contribution in [1.29, 1.82) is 0 Å². The first-order valence-electron chi connectivity index (χ1n) is 7.89. The molecule has 2 heterocycles. The summed E-state index contributed by atoms with van der Waals surface area (Å²) in [5, 5.41) is 4.72. The Morgan fingerprint density at radius 1 is 1.35 bits per heavy atom. The van der Waals surface area contributed by atoms with E-state index >= 15 is 0 Å². The predicted molar refractivity (Wildman–Crippen MR) is 87.4 cm³/mol. The summed E-state index contributed by atoms with van der Waals surface area (Å²) in [4.78, 5) is 8.70. The average Bonchev–Trinajstić information content (AvgIpc) is 2.75. The Hall–Kier alpha value is -0.450. The van der Waals surface area contributed by atoms with Crippen molar-refractivity contribution in [3.63, 3.8) is 0 Å². The Morgan fingerprint density at radius 3 is 2.60 bits per heavy atom. The molecule has 20 heavy (non-hydrogen) atoms. The largest absolute Gasteiger partial charge is 0.316 e. The SMILES string of the molecule is Cc1nc(C)c(C(C)N(CC2CCCNC2)C(C)C)s1. The number of nitrogens with one attached hydrogen (secondary N) is 1. The summed E-state index contributed by atoms with van der Waals surface area (Å²) in [5.74, 6) is 0.794. The van der Waals surface area contributed by atoms with E-state index in [-0.39, 0.29) is 0 Å². The molecule has 3 nitrogen and oxygen atoms in total. The average molecular weight is 295 g/mol. The van der Waals surface area contributed by atoms with Gasteiger partial charge in [-0.25, -0.2) is 4.98 Å². The van der Waals surface area contributed by atoms with Crippen LogP contribution in [0.5, 0.6) is 0 Å². The Balaban J connectivity index is 2.09. The molecule has 0 bridgehead atoms. The lowest BCUT2D eigenvalue weighted by molar-refractivity contribution is 0.128. The normalized spacial score (nSPS) is 21.6. The molecule has 0 radical (unpaired) electrons. The van der Waals surface area contributed by atoms with Gasteiger partial charge >= 0.3 is 0 Å². The monoisotopic (exact) mass is 295 g/mol. The van der Waals surface area contributed by atoms with Crippen LogP contribution < -0.4 is 5.32 Å². The number of piperidine rings is 1. The van der Waals surface area contributed by atoms with Gasteiger partial charge in [0.05, 0.1) is 10.7 Å². The predicted octanol–water partition coefficient (Wildman–Crippen LogP) is 3.53. The fourth-order valence-corrected chi connectivity index (χ4v) is 4.28. The number of hydrogen-bond acceptors (Lipinski definition) is 4. The molecule has 0 aromatic carbocycles. The van der Waals surface area contributed by atoms with Crippen molar-refractivity contribution in [2.24, 2.45) is 5.92 Å². The molecule has 2 rings (SSSR count). The first-order chi connectivity index (χ1) is 9.49. The van der Waals surface area contributed by atoms with Gasteiger partial charge in [-0.3, -0.25) is 4.90 Å². The Labute approximate surface area is 127 Å². The van der Waals surface area contributed by atoms with Crippen LogP contribution in [0.1, 0.15) is 55.2 Å². The van der Waals surface area contributed by atoms with Crippen molar-refractivity contribution >= 4 is 11.3 Å². The zero-order chi connectivity index (χ0) is 14.7. The van der Waals surface area contributed by atoms with E-state index in [2.05, 4.69) is 49.8 Å². The van der Waals surface area contributed by atoms with Gasteiger partial charge in [0, 0.05) is 23.5 Å². The van der Waals surface area contributed by atoms with Crippen molar-refractivity contribution in [2.75, 3.05) is 19.6 Å². The van der Waals surface area contributed by atoms with Gasteiger partial charge in [-0.1, -0.05) is 0 Å². The highest BCUT2D eigenvalue weighted by molar-refractivity contribution is 7.11. The lowest BCUT2D eigenvalue weighted by Crippen LogP contribution is -2.42. The molecule has 114 valence electrons. The summed E-state index contributed by atoms with van der Waals surface area (Å²) in [7, 11) is 0. The van der Waals surface area contributed by atoms with Gasteiger partial charge in [0.1, 0.15) is 0 Å². The summed E-state index contributed by atoms with van der Waals surface area (Å²) in [6.45, 7) is 14.8. The smallest absolute Gasteiger partial charge is 0.0900 e. The number of aromatic nitrogens is 1. The van der Waals surface area contributed by atoms with Crippen LogP contribution in [-0.2, 0) is 0 Å². The van der Waals surface area contributed by atoms with Crippen molar-refractivity contribution in [1.82, 2.24) is 15.2 Å². The van der Waals surface area contributed by atoms with Crippen molar-refractivity contribution in [3.05, 3.63) is 15.6 Å². The molecule has 0 amide bonds. The molecular weight excluding hydrogens is 266 g/mol. The molecule has 2 unspecified atom stereocenters. The van der Waals surface area contributed by atoms with Crippen LogP contribution in [0.25, 0.3) is 0 Å². The van der Waals surface area contributed by atoms with Crippen LogP contribution in [0.3, 0.4) is 0 Å². The van der Waals surface area contributed by atoms with Crippen molar-refractivity contribution in [3.8, 4) is 0 Å². The van der Waals surface area contributed by atoms with Gasteiger partial charge < -0.3 is 5.32 Å². The molecule has 1 N–H and O–H groups in total. The Bertz CT molecular complexity index is 421. The van der Waals surface area contributed by atoms with E-state index in [1.807, 2.05) is 11.3 Å². The lowest BCUT2D eigenvalue weighted by atomic mass is 9.97. The van der Waals surface area contributed by atoms with Crippen LogP contribution in [-0.4, -0.2) is 35.6 Å². The van der Waals surface area contributed by atoms with Crippen LogP contribution in [0.15, 0.2) is 0 Å². The molecule has 1 saturated heterocycles. The topological polar surface area (TPSA) is 28.2 Å². The number of hydrogen-bond donors (Lipinski definition) is 1. The minimum atomic E-state index is 0.475. The van der Waals surface area contributed by atoms with Gasteiger partial charge in [0.15, 0.2) is 0 Å². The number of nitrogens with zero attached hydrogens (tertiary/aromatic N) is 2. The highest BCUT2D eigenvalue weighted by atomic mass is 32.1. The molecule has 2 atom stereocenters. The highest BCUT2D eigenvalue weighted by Gasteiger charge is 2.26. The van der Waals surface area contributed by atoms with Crippen LogP contribution in [0.4, 0.5) is 0 Å². The molecule has 1 aliphatic heterocycles. The fraction of sp³-hybridized carbons (Fsp3) is 0.812. The van der Waals surface area contributed by atoms with E-state index in [1.165, 1.54) is 48.1 Å². The Kier molecular flexibility index (Phi) is 5.58. The van der Waals surface area contributed by atoms with Gasteiger partial charge in [0.25, 0.3) is 0 Å². The zero-order valence-electron chi connectivity index (χ0n) is 13.6. The molecule has 4 heteroatoms. The fourth-order valence-electron chi connectivity index (χ4n) is 3.28. The zero-order valence-corrected chi connectivity index (χ0v) is 14.4. The summed E-state index contributed by atoms with van der Waals surface area (Å²) in [5.41, 5.74) is 1.22. The summed E-state index contributed by atoms with van der Waals surface area (Å²) < 4.78 is 0. The standard InChI is InChI=1S/C16H29N3S/c1-11(2)19(10-15-7-6-8-17-9-15)13(4)16-12(3)18-14(5)20-16/h11,13,15,17H,6-10H2,1-5H3. The number of rotatable bonds is 5. The van der Waals surface area contributed by atoms with Crippen LogP contribution >= 0.6 is 11.3 Å². The first kappa shape index (κ1) is 15.9. The Morgan fingerprint density at radius 2 is 2.10 bits per heavy atom. The van der Waals surface area contributed by atoms with E-state index in [0.29, 0.717) is 12.1 Å². The molecule has 1 fully saturated rings. The van der Waals surface area contributed by atoms with Crippen molar-refractivity contribution in [2.45, 2.75) is 59.5 Å². The second-order valence-electron chi connectivity index (χ2n) is 6.36. The third-order valence-electron chi connectivity index (χ3n) is 4.35. The van der Waals surface area contributed by atoms with E-state index < -0.39 is 0 Å². The maximum Gasteiger partial charge on any atom is 0.0900 e. The molecule has 1 aliphatic rings. The molecule has 0 spiro atoms. The number of aryl methyl sites for hydroxylation is 2. The molecule has 1 aromatic rings. The van der Waals surface area contributed by atoms with Gasteiger partial charge in [-0.05, 0) is 66.5 Å². The minimum Gasteiger partial charge on any atom is -0.316 e. The molecule has 0 aliphatic carbocycles. The van der Waals surface area contributed by atoms with Crippen molar-refractivity contribution < 1.29 is 0 Å².